The first kappa shape index (κ1) is 15.5. The van der Waals surface area contributed by atoms with Crippen LogP contribution in [-0.4, -0.2) is 43.1 Å². The van der Waals surface area contributed by atoms with Crippen LogP contribution >= 0.6 is 0 Å². The molecule has 0 aliphatic heterocycles. The van der Waals surface area contributed by atoms with Gasteiger partial charge in [0.15, 0.2) is 5.84 Å². The summed E-state index contributed by atoms with van der Waals surface area (Å²) in [6.07, 6.45) is 2.33. The molecule has 1 aromatic carbocycles. The Morgan fingerprint density at radius 2 is 2.05 bits per heavy atom. The maximum atomic E-state index is 8.74. The van der Waals surface area contributed by atoms with Crippen LogP contribution in [-0.2, 0) is 6.54 Å². The van der Waals surface area contributed by atoms with Crippen LogP contribution < -0.4 is 11.1 Å². The van der Waals surface area contributed by atoms with Crippen LogP contribution in [0.1, 0.15) is 24.0 Å². The quantitative estimate of drug-likeness (QED) is 0.217. The first-order valence-electron chi connectivity index (χ1n) is 6.56. The van der Waals surface area contributed by atoms with Crippen molar-refractivity contribution in [1.82, 2.24) is 10.2 Å². The maximum Gasteiger partial charge on any atom is 0.170 e. The summed E-state index contributed by atoms with van der Waals surface area (Å²) >= 11 is 0. The third kappa shape index (κ3) is 5.72. The molecule has 0 unspecified atom stereocenters. The predicted molar refractivity (Wildman–Crippen MR) is 78.4 cm³/mol. The molecule has 4 N–H and O–H groups in total. The lowest BCUT2D eigenvalue weighted by molar-refractivity contribution is 0.318. The Bertz CT molecular complexity index is 404. The lowest BCUT2D eigenvalue weighted by Crippen LogP contribution is -2.21. The normalized spacial score (nSPS) is 12.1. The Balaban J connectivity index is 2.37. The van der Waals surface area contributed by atoms with Crippen molar-refractivity contribution in [2.24, 2.45) is 10.9 Å². The van der Waals surface area contributed by atoms with Crippen molar-refractivity contribution in [3.63, 3.8) is 0 Å². The molecule has 0 aliphatic rings. The van der Waals surface area contributed by atoms with Gasteiger partial charge in [0, 0.05) is 12.1 Å². The molecular weight excluding hydrogens is 240 g/mol. The van der Waals surface area contributed by atoms with Crippen LogP contribution in [0.2, 0.25) is 0 Å². The van der Waals surface area contributed by atoms with Gasteiger partial charge in [0.05, 0.1) is 0 Å². The number of hydrogen-bond acceptors (Lipinski definition) is 4. The molecule has 106 valence electrons. The highest BCUT2D eigenvalue weighted by atomic mass is 16.4. The summed E-state index contributed by atoms with van der Waals surface area (Å²) in [4.78, 5) is 2.19. The molecule has 5 nitrogen and oxygen atoms in total. The Kier molecular flexibility index (Phi) is 6.92. The third-order valence-corrected chi connectivity index (χ3v) is 2.93. The van der Waals surface area contributed by atoms with E-state index in [1.807, 2.05) is 24.3 Å². The standard InChI is InChI=1S/C14H24N4O/c1-18(2)10-6-5-9-16-11-12-7-3-4-8-13(12)14(15)17-19/h3-4,7-8,16,19H,5-6,9-11H2,1-2H3,(H2,15,17). The van der Waals surface area contributed by atoms with Crippen molar-refractivity contribution in [3.8, 4) is 0 Å². The van der Waals surface area contributed by atoms with E-state index >= 15 is 0 Å². The molecule has 0 aliphatic carbocycles. The SMILES string of the molecule is CN(C)CCCCNCc1ccccc1C(N)=NO. The van der Waals surface area contributed by atoms with Crippen molar-refractivity contribution in [2.75, 3.05) is 27.2 Å². The van der Waals surface area contributed by atoms with Crippen molar-refractivity contribution in [1.29, 1.82) is 0 Å². The fourth-order valence-electron chi connectivity index (χ4n) is 1.88. The Morgan fingerprint density at radius 1 is 1.32 bits per heavy atom. The third-order valence-electron chi connectivity index (χ3n) is 2.93. The summed E-state index contributed by atoms with van der Waals surface area (Å²) in [7, 11) is 4.17. The summed E-state index contributed by atoms with van der Waals surface area (Å²) in [5.74, 6) is 0.157. The van der Waals surface area contributed by atoms with E-state index in [9.17, 15) is 0 Å². The lowest BCUT2D eigenvalue weighted by Gasteiger charge is -2.11. The van der Waals surface area contributed by atoms with Crippen LogP contribution in [0.15, 0.2) is 29.4 Å². The number of unbranched alkanes of at least 4 members (excludes halogenated alkanes) is 1. The van der Waals surface area contributed by atoms with Gasteiger partial charge in [-0.3, -0.25) is 0 Å². The van der Waals surface area contributed by atoms with Gasteiger partial charge >= 0.3 is 0 Å². The minimum absolute atomic E-state index is 0.157. The van der Waals surface area contributed by atoms with Gasteiger partial charge in [-0.05, 0) is 45.6 Å². The minimum atomic E-state index is 0.157. The van der Waals surface area contributed by atoms with E-state index in [-0.39, 0.29) is 5.84 Å². The van der Waals surface area contributed by atoms with Gasteiger partial charge in [-0.2, -0.15) is 0 Å². The highest BCUT2D eigenvalue weighted by molar-refractivity contribution is 5.98. The zero-order valence-electron chi connectivity index (χ0n) is 11.8. The second-order valence-electron chi connectivity index (χ2n) is 4.83. The van der Waals surface area contributed by atoms with Gasteiger partial charge in [-0.1, -0.05) is 29.4 Å². The van der Waals surface area contributed by atoms with Gasteiger partial charge in [0.25, 0.3) is 0 Å². The van der Waals surface area contributed by atoms with E-state index in [4.69, 9.17) is 10.9 Å². The predicted octanol–water partition coefficient (Wildman–Crippen LogP) is 1.21. The number of benzene rings is 1. The number of nitrogens with one attached hydrogen (secondary N) is 1. The average Bonchev–Trinajstić information content (AvgIpc) is 2.42. The van der Waals surface area contributed by atoms with E-state index < -0.39 is 0 Å². The van der Waals surface area contributed by atoms with Gasteiger partial charge in [0.2, 0.25) is 0 Å². The second kappa shape index (κ2) is 8.50. The topological polar surface area (TPSA) is 73.9 Å². The van der Waals surface area contributed by atoms with E-state index in [1.54, 1.807) is 0 Å². The molecule has 0 bridgehead atoms. The summed E-state index contributed by atoms with van der Waals surface area (Å²) in [5.41, 5.74) is 7.48. The highest BCUT2D eigenvalue weighted by Gasteiger charge is 2.05. The average molecular weight is 264 g/mol. The van der Waals surface area contributed by atoms with Crippen LogP contribution in [0.5, 0.6) is 0 Å². The molecule has 0 heterocycles. The second-order valence-corrected chi connectivity index (χ2v) is 4.83. The van der Waals surface area contributed by atoms with Crippen molar-refractivity contribution in [2.45, 2.75) is 19.4 Å². The monoisotopic (exact) mass is 264 g/mol. The van der Waals surface area contributed by atoms with Crippen molar-refractivity contribution < 1.29 is 5.21 Å². The van der Waals surface area contributed by atoms with Crippen molar-refractivity contribution >= 4 is 5.84 Å². The highest BCUT2D eigenvalue weighted by Crippen LogP contribution is 2.08. The van der Waals surface area contributed by atoms with Gasteiger partial charge in [0.1, 0.15) is 0 Å². The number of rotatable bonds is 8. The minimum Gasteiger partial charge on any atom is -0.409 e. The Morgan fingerprint density at radius 3 is 2.74 bits per heavy atom. The molecule has 0 radical (unpaired) electrons. The number of oxime groups is 1. The number of nitrogens with zero attached hydrogens (tertiary/aromatic N) is 2. The maximum absolute atomic E-state index is 8.74. The van der Waals surface area contributed by atoms with Crippen molar-refractivity contribution in [3.05, 3.63) is 35.4 Å². The van der Waals surface area contributed by atoms with Crippen LogP contribution in [0, 0.1) is 0 Å². The molecule has 0 fully saturated rings. The summed E-state index contributed by atoms with van der Waals surface area (Å²) < 4.78 is 0. The van der Waals surface area contributed by atoms with Gasteiger partial charge < -0.3 is 21.2 Å². The fourth-order valence-corrected chi connectivity index (χ4v) is 1.88. The Labute approximate surface area is 115 Å². The molecule has 0 saturated carbocycles. The van der Waals surface area contributed by atoms with Crippen LogP contribution in [0.4, 0.5) is 0 Å². The first-order chi connectivity index (χ1) is 9.15. The smallest absolute Gasteiger partial charge is 0.170 e. The molecule has 19 heavy (non-hydrogen) atoms. The zero-order valence-corrected chi connectivity index (χ0v) is 11.8. The van der Waals surface area contributed by atoms with E-state index in [1.165, 1.54) is 6.42 Å². The molecule has 5 heteroatoms. The molecule has 0 aromatic heterocycles. The number of hydrogen-bond donors (Lipinski definition) is 3. The fraction of sp³-hybridized carbons (Fsp3) is 0.500. The molecule has 1 rings (SSSR count). The van der Waals surface area contributed by atoms with E-state index in [2.05, 4.69) is 29.5 Å². The molecule has 0 saturated heterocycles. The largest absolute Gasteiger partial charge is 0.409 e. The van der Waals surface area contributed by atoms with Crippen LogP contribution in [0.25, 0.3) is 0 Å². The number of amidine groups is 1. The van der Waals surface area contributed by atoms with E-state index in [0.717, 1.165) is 37.2 Å². The molecule has 1 aromatic rings. The Hall–Kier alpha value is -1.59. The van der Waals surface area contributed by atoms with Crippen LogP contribution in [0.3, 0.4) is 0 Å². The molecule has 0 atom stereocenters. The molecule has 0 amide bonds. The van der Waals surface area contributed by atoms with Gasteiger partial charge in [-0.15, -0.1) is 0 Å². The van der Waals surface area contributed by atoms with Gasteiger partial charge in [-0.25, -0.2) is 0 Å². The first-order valence-corrected chi connectivity index (χ1v) is 6.56. The van der Waals surface area contributed by atoms with E-state index in [0.29, 0.717) is 0 Å². The molecular formula is C14H24N4O. The number of nitrogens with two attached hydrogens (primary N) is 1. The zero-order chi connectivity index (χ0) is 14.1. The summed E-state index contributed by atoms with van der Waals surface area (Å²) in [6, 6.07) is 7.68. The lowest BCUT2D eigenvalue weighted by atomic mass is 10.1. The molecule has 0 spiro atoms. The summed E-state index contributed by atoms with van der Waals surface area (Å²) in [6.45, 7) is 2.81. The summed E-state index contributed by atoms with van der Waals surface area (Å²) in [5, 5.41) is 15.2.